The van der Waals surface area contributed by atoms with Crippen molar-refractivity contribution >= 4 is 5.78 Å². The number of hydrogen-bond acceptors (Lipinski definition) is 2. The van der Waals surface area contributed by atoms with Crippen molar-refractivity contribution in [1.29, 1.82) is 0 Å². The van der Waals surface area contributed by atoms with Crippen molar-refractivity contribution in [2.45, 2.75) is 44.4 Å². The van der Waals surface area contributed by atoms with Crippen LogP contribution in [0.15, 0.2) is 60.7 Å². The SMILES string of the molecule is O=C(c1ccccc1)C(CCCCC1CCNCC1)c1ccccc1. The van der Waals surface area contributed by atoms with Gasteiger partial charge < -0.3 is 5.32 Å². The molecule has 1 aliphatic heterocycles. The maximum atomic E-state index is 13.0. The molecular weight excluding hydrogens is 306 g/mol. The highest BCUT2D eigenvalue weighted by Gasteiger charge is 2.21. The van der Waals surface area contributed by atoms with Crippen molar-refractivity contribution in [2.24, 2.45) is 5.92 Å². The summed E-state index contributed by atoms with van der Waals surface area (Å²) < 4.78 is 0. The Bertz CT molecular complexity index is 632. The molecule has 1 fully saturated rings. The van der Waals surface area contributed by atoms with E-state index in [0.29, 0.717) is 0 Å². The van der Waals surface area contributed by atoms with Crippen molar-refractivity contribution in [3.05, 3.63) is 71.8 Å². The average Bonchev–Trinajstić information content (AvgIpc) is 2.70. The topological polar surface area (TPSA) is 29.1 Å². The third-order valence-corrected chi connectivity index (χ3v) is 5.39. The number of ketones is 1. The second-order valence-corrected chi connectivity index (χ2v) is 7.17. The Hall–Kier alpha value is -1.93. The number of benzene rings is 2. The van der Waals surface area contributed by atoms with Crippen LogP contribution in [0.2, 0.25) is 0 Å². The highest BCUT2D eigenvalue weighted by atomic mass is 16.1. The Morgan fingerprint density at radius 1 is 0.920 bits per heavy atom. The van der Waals surface area contributed by atoms with E-state index in [2.05, 4.69) is 17.4 Å². The molecule has 1 unspecified atom stereocenters. The highest BCUT2D eigenvalue weighted by Crippen LogP contribution is 2.28. The second-order valence-electron chi connectivity index (χ2n) is 7.17. The largest absolute Gasteiger partial charge is 0.317 e. The smallest absolute Gasteiger partial charge is 0.170 e. The summed E-state index contributed by atoms with van der Waals surface area (Å²) in [6, 6.07) is 20.0. The quantitative estimate of drug-likeness (QED) is 0.530. The van der Waals surface area contributed by atoms with Crippen molar-refractivity contribution in [3.63, 3.8) is 0 Å². The Morgan fingerprint density at radius 3 is 2.24 bits per heavy atom. The lowest BCUT2D eigenvalue weighted by Crippen LogP contribution is -2.27. The molecule has 0 spiro atoms. The predicted molar refractivity (Wildman–Crippen MR) is 104 cm³/mol. The fourth-order valence-electron chi connectivity index (χ4n) is 3.89. The fraction of sp³-hybridized carbons (Fsp3) is 0.435. The van der Waals surface area contributed by atoms with Crippen LogP contribution in [0.3, 0.4) is 0 Å². The summed E-state index contributed by atoms with van der Waals surface area (Å²) >= 11 is 0. The van der Waals surface area contributed by atoms with E-state index in [-0.39, 0.29) is 11.7 Å². The first-order chi connectivity index (χ1) is 12.3. The lowest BCUT2D eigenvalue weighted by atomic mass is 9.85. The van der Waals surface area contributed by atoms with E-state index in [1.54, 1.807) is 0 Å². The van der Waals surface area contributed by atoms with Gasteiger partial charge in [-0.15, -0.1) is 0 Å². The molecule has 2 heteroatoms. The molecule has 0 saturated carbocycles. The fourth-order valence-corrected chi connectivity index (χ4v) is 3.89. The first kappa shape index (κ1) is 17.9. The Balaban J connectivity index is 1.60. The van der Waals surface area contributed by atoms with Gasteiger partial charge in [-0.25, -0.2) is 0 Å². The molecule has 0 bridgehead atoms. The van der Waals surface area contributed by atoms with Gasteiger partial charge in [0.15, 0.2) is 5.78 Å². The third-order valence-electron chi connectivity index (χ3n) is 5.39. The van der Waals surface area contributed by atoms with E-state index in [4.69, 9.17) is 0 Å². The van der Waals surface area contributed by atoms with Crippen LogP contribution >= 0.6 is 0 Å². The number of hydrogen-bond donors (Lipinski definition) is 1. The summed E-state index contributed by atoms with van der Waals surface area (Å²) in [6.45, 7) is 2.34. The van der Waals surface area contributed by atoms with Crippen LogP contribution in [-0.4, -0.2) is 18.9 Å². The lowest BCUT2D eigenvalue weighted by molar-refractivity contribution is 0.0953. The molecule has 0 aromatic heterocycles. The van der Waals surface area contributed by atoms with Gasteiger partial charge in [0.05, 0.1) is 0 Å². The Morgan fingerprint density at radius 2 is 1.56 bits per heavy atom. The number of carbonyl (C=O) groups is 1. The minimum Gasteiger partial charge on any atom is -0.317 e. The van der Waals surface area contributed by atoms with E-state index >= 15 is 0 Å². The second kappa shape index (κ2) is 9.53. The zero-order valence-corrected chi connectivity index (χ0v) is 15.0. The van der Waals surface area contributed by atoms with Crippen molar-refractivity contribution < 1.29 is 4.79 Å². The van der Waals surface area contributed by atoms with E-state index < -0.39 is 0 Å². The number of rotatable bonds is 8. The summed E-state index contributed by atoms with van der Waals surface area (Å²) in [5.74, 6) is 1.12. The van der Waals surface area contributed by atoms with E-state index in [9.17, 15) is 4.79 Å². The summed E-state index contributed by atoms with van der Waals surface area (Å²) in [7, 11) is 0. The molecule has 2 aromatic rings. The Kier molecular flexibility index (Phi) is 6.81. The van der Waals surface area contributed by atoms with Gasteiger partial charge >= 0.3 is 0 Å². The molecule has 0 amide bonds. The van der Waals surface area contributed by atoms with Crippen LogP contribution in [0.25, 0.3) is 0 Å². The molecule has 132 valence electrons. The maximum absolute atomic E-state index is 13.0. The van der Waals surface area contributed by atoms with E-state index in [0.717, 1.165) is 29.9 Å². The van der Waals surface area contributed by atoms with Gasteiger partial charge in [0, 0.05) is 11.5 Å². The van der Waals surface area contributed by atoms with E-state index in [1.807, 2.05) is 48.5 Å². The number of carbonyl (C=O) groups excluding carboxylic acids is 1. The molecule has 1 atom stereocenters. The molecule has 0 aliphatic carbocycles. The van der Waals surface area contributed by atoms with Gasteiger partial charge in [0.1, 0.15) is 0 Å². The minimum atomic E-state index is -0.0170. The van der Waals surface area contributed by atoms with E-state index in [1.165, 1.54) is 38.8 Å². The summed E-state index contributed by atoms with van der Waals surface area (Å²) in [5.41, 5.74) is 1.98. The monoisotopic (exact) mass is 335 g/mol. The predicted octanol–water partition coefficient (Wildman–Crippen LogP) is 5.21. The first-order valence-electron chi connectivity index (χ1n) is 9.69. The summed E-state index contributed by atoms with van der Waals surface area (Å²) in [5, 5.41) is 3.43. The van der Waals surface area contributed by atoms with Crippen LogP contribution in [0.1, 0.15) is 60.4 Å². The molecule has 25 heavy (non-hydrogen) atoms. The van der Waals surface area contributed by atoms with Crippen LogP contribution in [-0.2, 0) is 0 Å². The molecule has 0 radical (unpaired) electrons. The molecule has 3 rings (SSSR count). The standard InChI is InChI=1S/C23H29NO/c25-23(21-12-5-2-6-13-21)22(20-10-3-1-4-11-20)14-8-7-9-19-15-17-24-18-16-19/h1-6,10-13,19,22,24H,7-9,14-18H2. The van der Waals surface area contributed by atoms with Crippen LogP contribution in [0.4, 0.5) is 0 Å². The zero-order valence-electron chi connectivity index (χ0n) is 15.0. The average molecular weight is 335 g/mol. The molecule has 1 saturated heterocycles. The summed E-state index contributed by atoms with van der Waals surface area (Å²) in [4.78, 5) is 13.0. The third kappa shape index (κ3) is 5.27. The molecule has 1 N–H and O–H groups in total. The van der Waals surface area contributed by atoms with Crippen molar-refractivity contribution in [1.82, 2.24) is 5.32 Å². The number of unbranched alkanes of at least 4 members (excludes halogenated alkanes) is 1. The number of nitrogens with one attached hydrogen (secondary N) is 1. The zero-order chi connectivity index (χ0) is 17.3. The Labute approximate surface area is 151 Å². The number of piperidine rings is 1. The minimum absolute atomic E-state index is 0.0170. The van der Waals surface area contributed by atoms with Gasteiger partial charge in [-0.3, -0.25) is 4.79 Å². The molecular formula is C23H29NO. The normalized spacial score (nSPS) is 16.5. The summed E-state index contributed by atoms with van der Waals surface area (Å²) in [6.07, 6.45) is 7.24. The molecule has 2 aromatic carbocycles. The highest BCUT2D eigenvalue weighted by molar-refractivity contribution is 6.00. The van der Waals surface area contributed by atoms with Gasteiger partial charge in [-0.2, -0.15) is 0 Å². The van der Waals surface area contributed by atoms with Crippen LogP contribution in [0, 0.1) is 5.92 Å². The van der Waals surface area contributed by atoms with Crippen molar-refractivity contribution in [3.8, 4) is 0 Å². The van der Waals surface area contributed by atoms with Crippen LogP contribution in [0.5, 0.6) is 0 Å². The van der Waals surface area contributed by atoms with Gasteiger partial charge in [-0.1, -0.05) is 79.9 Å². The number of Topliss-reactive ketones (excluding diaryl/α,β-unsaturated/α-hetero) is 1. The maximum Gasteiger partial charge on any atom is 0.170 e. The van der Waals surface area contributed by atoms with Gasteiger partial charge in [-0.05, 0) is 43.8 Å². The van der Waals surface area contributed by atoms with Crippen molar-refractivity contribution in [2.75, 3.05) is 13.1 Å². The van der Waals surface area contributed by atoms with Gasteiger partial charge in [0.25, 0.3) is 0 Å². The first-order valence-corrected chi connectivity index (χ1v) is 9.69. The molecule has 1 aliphatic rings. The molecule has 2 nitrogen and oxygen atoms in total. The van der Waals surface area contributed by atoms with Gasteiger partial charge in [0.2, 0.25) is 0 Å². The molecule has 1 heterocycles. The lowest BCUT2D eigenvalue weighted by Gasteiger charge is -2.23. The van der Waals surface area contributed by atoms with Crippen LogP contribution < -0.4 is 5.32 Å².